The van der Waals surface area contributed by atoms with Crippen LogP contribution in [0.4, 0.5) is 132 Å². The van der Waals surface area contributed by atoms with Crippen molar-refractivity contribution < 1.29 is 160 Å². The third kappa shape index (κ3) is 8.72. The second-order valence-electron chi connectivity index (χ2n) is 10.5. The Bertz CT molecular complexity index is 1460. The Hall–Kier alpha value is -3.05. The van der Waals surface area contributed by atoms with E-state index in [-0.39, 0.29) is 10.6 Å². The second kappa shape index (κ2) is 15.7. The van der Waals surface area contributed by atoms with Crippen LogP contribution < -0.4 is 10.6 Å². The van der Waals surface area contributed by atoms with Crippen LogP contribution >= 0.6 is 7.82 Å². The van der Waals surface area contributed by atoms with Gasteiger partial charge < -0.3 is 15.5 Å². The van der Waals surface area contributed by atoms with E-state index in [0.717, 1.165) is 0 Å². The van der Waals surface area contributed by atoms with E-state index in [1.807, 2.05) is 0 Å². The van der Waals surface area contributed by atoms with E-state index in [1.165, 1.54) is 0 Å². The average Bonchev–Trinajstić information content (AvgIpc) is 3.02. The lowest BCUT2D eigenvalue weighted by molar-refractivity contribution is -0.449. The van der Waals surface area contributed by atoms with Gasteiger partial charge in [-0.2, -0.15) is 132 Å². The Morgan fingerprint density at radius 3 is 0.763 bits per heavy atom. The molecule has 2 amide bonds. The van der Waals surface area contributed by atoms with Gasteiger partial charge >= 0.3 is 91.2 Å². The lowest BCUT2D eigenvalue weighted by Gasteiger charge is -2.41. The van der Waals surface area contributed by atoms with E-state index in [0.29, 0.717) is 0 Å². The fourth-order valence-electron chi connectivity index (χ4n) is 3.13. The van der Waals surface area contributed by atoms with Gasteiger partial charge in [-0.1, -0.05) is 0 Å². The smallest absolute Gasteiger partial charge is 0.348 e. The molecule has 0 atom stereocenters. The van der Waals surface area contributed by atoms with Crippen LogP contribution in [0.1, 0.15) is 0 Å². The van der Waals surface area contributed by atoms with Crippen LogP contribution in [0.3, 0.4) is 0 Å². The standard InChI is InChI=1S/C20H11F30N2O6P/c21-7(22,9(25,26)11(29,30)13(33,34)15(37,38)17(41,42)19(45,46)47)5(53)51-1-3-57-59(55,56)58-4-2-52-6(54)8(23,24)10(27,28)12(31,32)14(35,36)16(39,40)18(43,44)20(48,49)50/h1-4H2,(H,51,53)(H,52,54)(H,55,56). The molecular weight excluding hydrogens is 965 g/mol. The fourth-order valence-corrected chi connectivity index (χ4v) is 3.85. The molecule has 59 heavy (non-hydrogen) atoms. The van der Waals surface area contributed by atoms with Gasteiger partial charge in [0.25, 0.3) is 11.8 Å². The zero-order valence-electron chi connectivity index (χ0n) is 26.1. The number of nitrogens with one attached hydrogen (secondary N) is 2. The van der Waals surface area contributed by atoms with E-state index in [9.17, 15) is 151 Å². The number of hydrogen-bond donors (Lipinski definition) is 3. The molecule has 8 nitrogen and oxygen atoms in total. The van der Waals surface area contributed by atoms with Crippen molar-refractivity contribution in [1.29, 1.82) is 0 Å². The van der Waals surface area contributed by atoms with Gasteiger partial charge in [0, 0.05) is 13.1 Å². The van der Waals surface area contributed by atoms with Crippen LogP contribution in [-0.2, 0) is 23.2 Å². The summed E-state index contributed by atoms with van der Waals surface area (Å²) in [5.41, 5.74) is 0. The van der Waals surface area contributed by atoms with Crippen LogP contribution in [0.25, 0.3) is 0 Å². The Morgan fingerprint density at radius 2 is 0.559 bits per heavy atom. The number of amides is 2. The van der Waals surface area contributed by atoms with Crippen LogP contribution in [0.2, 0.25) is 0 Å². The van der Waals surface area contributed by atoms with Gasteiger partial charge in [0.05, 0.1) is 13.2 Å². The van der Waals surface area contributed by atoms with E-state index in [1.54, 1.807) is 0 Å². The Kier molecular flexibility index (Phi) is 14.9. The molecule has 0 aromatic carbocycles. The first-order valence-corrected chi connectivity index (χ1v) is 14.6. The van der Waals surface area contributed by atoms with Gasteiger partial charge in [-0.05, 0) is 0 Å². The van der Waals surface area contributed by atoms with Crippen molar-refractivity contribution in [2.24, 2.45) is 0 Å². The maximum absolute atomic E-state index is 13.8. The quantitative estimate of drug-likeness (QED) is 0.0646. The summed E-state index contributed by atoms with van der Waals surface area (Å²) in [5, 5.41) is 0.466. The molecule has 0 rings (SSSR count). The summed E-state index contributed by atoms with van der Waals surface area (Å²) in [7, 11) is -6.06. The SMILES string of the molecule is O=C(NCCOP(=O)(O)OCCNC(=O)C(F)(F)C(F)(F)C(F)(F)C(F)(F)C(F)(F)C(F)(F)C(F)(F)F)C(F)(F)C(F)(F)C(F)(F)C(F)(F)C(F)(F)C(F)(F)C(F)(F)F. The monoisotopic (exact) mass is 976 g/mol. The Balaban J connectivity index is 5.71. The topological polar surface area (TPSA) is 114 Å². The number of hydrogen-bond acceptors (Lipinski definition) is 5. The minimum absolute atomic E-state index is 0.233. The molecule has 3 N–H and O–H groups in total. The van der Waals surface area contributed by atoms with Crippen molar-refractivity contribution >= 4 is 19.6 Å². The van der Waals surface area contributed by atoms with E-state index in [4.69, 9.17) is 0 Å². The molecule has 0 aromatic rings. The van der Waals surface area contributed by atoms with Crippen molar-refractivity contribution in [2.75, 3.05) is 26.3 Å². The predicted octanol–water partition coefficient (Wildman–Crippen LogP) is 8.10. The molecule has 0 radical (unpaired) electrons. The van der Waals surface area contributed by atoms with Crippen LogP contribution in [0.5, 0.6) is 0 Å². The van der Waals surface area contributed by atoms with Crippen molar-refractivity contribution in [2.45, 2.75) is 83.4 Å². The van der Waals surface area contributed by atoms with Crippen LogP contribution in [0.15, 0.2) is 0 Å². The van der Waals surface area contributed by atoms with E-state index >= 15 is 0 Å². The van der Waals surface area contributed by atoms with Crippen molar-refractivity contribution in [3.05, 3.63) is 0 Å². The molecule has 0 heterocycles. The molecule has 0 bridgehead atoms. The number of carbonyl (C=O) groups excluding carboxylic acids is 2. The molecule has 0 spiro atoms. The molecule has 0 saturated carbocycles. The first-order valence-electron chi connectivity index (χ1n) is 13.1. The Morgan fingerprint density at radius 1 is 0.373 bits per heavy atom. The van der Waals surface area contributed by atoms with Gasteiger partial charge in [-0.3, -0.25) is 18.6 Å². The normalized spacial score (nSPS) is 16.0. The maximum Gasteiger partial charge on any atom is 0.472 e. The van der Waals surface area contributed by atoms with Gasteiger partial charge in [0.1, 0.15) is 0 Å². The largest absolute Gasteiger partial charge is 0.472 e. The molecule has 0 aliphatic rings. The van der Waals surface area contributed by atoms with Crippen LogP contribution in [-0.4, -0.2) is 126 Å². The number of halogens is 30. The van der Waals surface area contributed by atoms with Crippen molar-refractivity contribution in [1.82, 2.24) is 10.6 Å². The van der Waals surface area contributed by atoms with E-state index < -0.39 is 129 Å². The number of alkyl halides is 30. The summed E-state index contributed by atoms with van der Waals surface area (Å²) in [4.78, 5) is 31.7. The molecule has 0 aromatic heterocycles. The first kappa shape index (κ1) is 55.9. The fraction of sp³-hybridized carbons (Fsp3) is 0.900. The summed E-state index contributed by atoms with van der Waals surface area (Å²) < 4.78 is 414. The molecule has 39 heteroatoms. The highest BCUT2D eigenvalue weighted by Gasteiger charge is 2.95. The maximum atomic E-state index is 13.8. The zero-order valence-corrected chi connectivity index (χ0v) is 27.0. The number of phosphoric acid groups is 1. The number of phosphoric ester groups is 1. The molecule has 352 valence electrons. The zero-order chi connectivity index (χ0) is 48.3. The molecule has 0 fully saturated rings. The summed E-state index contributed by atoms with van der Waals surface area (Å²) in [6.07, 6.45) is -15.9. The second-order valence-corrected chi connectivity index (χ2v) is 12.0. The molecule has 0 aliphatic heterocycles. The van der Waals surface area contributed by atoms with Crippen molar-refractivity contribution in [3.8, 4) is 0 Å². The summed E-state index contributed by atoms with van der Waals surface area (Å²) in [5.74, 6) is -109. The Labute approximate surface area is 301 Å². The number of carbonyl (C=O) groups is 2. The highest BCUT2D eigenvalue weighted by Crippen LogP contribution is 2.64. The summed E-state index contributed by atoms with van der Waals surface area (Å²) in [6.45, 7) is -8.26. The molecule has 0 aliphatic carbocycles. The molecule has 0 unspecified atom stereocenters. The lowest BCUT2D eigenvalue weighted by atomic mass is 9.91. The minimum atomic E-state index is -8.80. The molecular formula is C20H11F30N2O6P. The third-order valence-electron chi connectivity index (χ3n) is 6.51. The summed E-state index contributed by atoms with van der Waals surface area (Å²) >= 11 is 0. The average molecular weight is 976 g/mol. The van der Waals surface area contributed by atoms with E-state index in [2.05, 4.69) is 9.05 Å². The highest BCUT2D eigenvalue weighted by molar-refractivity contribution is 7.47. The number of rotatable bonds is 20. The first-order chi connectivity index (χ1) is 25.3. The predicted molar refractivity (Wildman–Crippen MR) is 119 cm³/mol. The minimum Gasteiger partial charge on any atom is -0.348 e. The third-order valence-corrected chi connectivity index (χ3v) is 7.53. The lowest BCUT2D eigenvalue weighted by Crippen LogP contribution is -2.74. The molecule has 0 saturated heterocycles. The van der Waals surface area contributed by atoms with Gasteiger partial charge in [0.2, 0.25) is 0 Å². The van der Waals surface area contributed by atoms with Gasteiger partial charge in [-0.15, -0.1) is 0 Å². The summed E-state index contributed by atoms with van der Waals surface area (Å²) in [6, 6.07) is 0. The van der Waals surface area contributed by atoms with Crippen molar-refractivity contribution in [3.63, 3.8) is 0 Å². The van der Waals surface area contributed by atoms with Gasteiger partial charge in [0.15, 0.2) is 0 Å². The van der Waals surface area contributed by atoms with Crippen LogP contribution in [0, 0.1) is 0 Å². The van der Waals surface area contributed by atoms with Gasteiger partial charge in [-0.25, -0.2) is 4.57 Å². The highest BCUT2D eigenvalue weighted by atomic mass is 31.2.